The molecule has 0 atom stereocenters. The van der Waals surface area contributed by atoms with Gasteiger partial charge in [0, 0.05) is 17.6 Å². The van der Waals surface area contributed by atoms with E-state index in [0.29, 0.717) is 18.7 Å². The van der Waals surface area contributed by atoms with Crippen molar-refractivity contribution < 1.29 is 22.7 Å². The van der Waals surface area contributed by atoms with Crippen LogP contribution in [0.4, 0.5) is 5.69 Å². The number of esters is 1. The van der Waals surface area contributed by atoms with Gasteiger partial charge < -0.3 is 10.1 Å². The third-order valence-corrected chi connectivity index (χ3v) is 5.98. The minimum atomic E-state index is -3.58. The van der Waals surface area contributed by atoms with E-state index in [-0.39, 0.29) is 29.6 Å². The molecule has 0 saturated carbocycles. The number of benzene rings is 2. The molecule has 0 fully saturated rings. The number of sulfonamides is 1. The van der Waals surface area contributed by atoms with Gasteiger partial charge in [-0.1, -0.05) is 24.3 Å². The van der Waals surface area contributed by atoms with Gasteiger partial charge in [-0.15, -0.1) is 0 Å². The Hall–Kier alpha value is -2.71. The van der Waals surface area contributed by atoms with E-state index >= 15 is 0 Å². The Kier molecular flexibility index (Phi) is 8.36. The van der Waals surface area contributed by atoms with Crippen LogP contribution < -0.4 is 10.0 Å². The number of hydrogen-bond donors (Lipinski definition) is 2. The first-order chi connectivity index (χ1) is 14.5. The molecule has 0 aliphatic heterocycles. The predicted molar refractivity (Wildman–Crippen MR) is 120 cm³/mol. The first-order valence-electron chi connectivity index (χ1n) is 10.2. The summed E-state index contributed by atoms with van der Waals surface area (Å²) in [7, 11) is -3.58. The highest BCUT2D eigenvalue weighted by molar-refractivity contribution is 7.89. The van der Waals surface area contributed by atoms with Crippen LogP contribution in [0.25, 0.3) is 0 Å². The van der Waals surface area contributed by atoms with Crippen molar-refractivity contribution in [2.75, 3.05) is 11.9 Å². The van der Waals surface area contributed by atoms with Crippen LogP contribution in [0.3, 0.4) is 0 Å². The summed E-state index contributed by atoms with van der Waals surface area (Å²) < 4.78 is 32.2. The van der Waals surface area contributed by atoms with E-state index < -0.39 is 15.6 Å². The highest BCUT2D eigenvalue weighted by Gasteiger charge is 2.21. The van der Waals surface area contributed by atoms with Crippen LogP contribution >= 0.6 is 0 Å². The normalized spacial score (nSPS) is 11.7. The lowest BCUT2D eigenvalue weighted by Gasteiger charge is -2.20. The molecule has 2 aromatic rings. The largest absolute Gasteiger partial charge is 0.466 e. The summed E-state index contributed by atoms with van der Waals surface area (Å²) in [5.41, 5.74) is 1.77. The number of rotatable bonds is 9. The molecule has 1 amide bonds. The molecule has 0 heterocycles. The van der Waals surface area contributed by atoms with E-state index in [9.17, 15) is 18.0 Å². The summed E-state index contributed by atoms with van der Waals surface area (Å²) in [6.07, 6.45) is 0.940. The summed E-state index contributed by atoms with van der Waals surface area (Å²) in [5.74, 6) is -0.434. The summed E-state index contributed by atoms with van der Waals surface area (Å²) in [6, 6.07) is 13.6. The number of hydrogen-bond acceptors (Lipinski definition) is 5. The minimum absolute atomic E-state index is 0.149. The van der Waals surface area contributed by atoms with Crippen molar-refractivity contribution in [3.05, 3.63) is 59.7 Å². The minimum Gasteiger partial charge on any atom is -0.466 e. The number of carbonyl (C=O) groups is 2. The van der Waals surface area contributed by atoms with Gasteiger partial charge in [0.05, 0.1) is 17.9 Å². The van der Waals surface area contributed by atoms with Crippen molar-refractivity contribution in [2.45, 2.75) is 57.4 Å². The highest BCUT2D eigenvalue weighted by atomic mass is 32.2. The second-order valence-electron chi connectivity index (χ2n) is 8.23. The number of nitrogens with one attached hydrogen (secondary N) is 2. The van der Waals surface area contributed by atoms with E-state index in [4.69, 9.17) is 4.74 Å². The zero-order valence-corrected chi connectivity index (χ0v) is 19.2. The molecule has 2 rings (SSSR count). The van der Waals surface area contributed by atoms with Crippen LogP contribution in [0.5, 0.6) is 0 Å². The van der Waals surface area contributed by atoms with Gasteiger partial charge in [0.25, 0.3) is 0 Å². The molecule has 31 heavy (non-hydrogen) atoms. The molecule has 0 radical (unpaired) electrons. The smallest absolute Gasteiger partial charge is 0.310 e. The fraction of sp³-hybridized carbons (Fsp3) is 0.391. The van der Waals surface area contributed by atoms with Crippen LogP contribution in [-0.4, -0.2) is 32.4 Å². The van der Waals surface area contributed by atoms with Crippen molar-refractivity contribution in [1.82, 2.24) is 4.72 Å². The average molecular weight is 447 g/mol. The summed E-state index contributed by atoms with van der Waals surface area (Å²) in [5, 5.41) is 2.82. The molecule has 0 unspecified atom stereocenters. The topological polar surface area (TPSA) is 102 Å². The molecular weight excluding hydrogens is 416 g/mol. The third kappa shape index (κ3) is 8.51. The average Bonchev–Trinajstić information content (AvgIpc) is 2.67. The van der Waals surface area contributed by atoms with Gasteiger partial charge in [-0.25, -0.2) is 13.1 Å². The second-order valence-corrected chi connectivity index (χ2v) is 9.91. The zero-order chi connectivity index (χ0) is 23.1. The Labute approximate surface area is 184 Å². The van der Waals surface area contributed by atoms with Crippen LogP contribution in [0, 0.1) is 0 Å². The number of anilines is 1. The molecule has 2 N–H and O–H groups in total. The first kappa shape index (κ1) is 24.6. The Morgan fingerprint density at radius 1 is 0.935 bits per heavy atom. The number of carbonyl (C=O) groups excluding carboxylic acids is 2. The maximum absolute atomic E-state index is 12.3. The van der Waals surface area contributed by atoms with Crippen molar-refractivity contribution in [1.29, 1.82) is 0 Å². The van der Waals surface area contributed by atoms with Gasteiger partial charge >= 0.3 is 5.97 Å². The fourth-order valence-corrected chi connectivity index (χ4v) is 4.28. The van der Waals surface area contributed by atoms with Crippen LogP contribution in [-0.2, 0) is 37.2 Å². The summed E-state index contributed by atoms with van der Waals surface area (Å²) in [4.78, 5) is 23.9. The number of aryl methyl sites for hydroxylation is 1. The maximum Gasteiger partial charge on any atom is 0.310 e. The van der Waals surface area contributed by atoms with Gasteiger partial charge in [0.1, 0.15) is 0 Å². The van der Waals surface area contributed by atoms with Gasteiger partial charge in [0.15, 0.2) is 0 Å². The standard InChI is InChI=1S/C23H30N2O5S/c1-5-30-22(27)16-18-6-11-19(12-7-18)24-21(26)15-10-17-8-13-20(14-9-17)31(28,29)25-23(2,3)4/h6-9,11-14,25H,5,10,15-16H2,1-4H3,(H,24,26). The first-order valence-corrected chi connectivity index (χ1v) is 11.6. The van der Waals surface area contributed by atoms with Gasteiger partial charge in [-0.2, -0.15) is 0 Å². The van der Waals surface area contributed by atoms with Crippen molar-refractivity contribution >= 4 is 27.6 Å². The zero-order valence-electron chi connectivity index (χ0n) is 18.4. The van der Waals surface area contributed by atoms with Crippen molar-refractivity contribution in [3.63, 3.8) is 0 Å². The van der Waals surface area contributed by atoms with Crippen LogP contribution in [0.15, 0.2) is 53.4 Å². The number of amides is 1. The molecule has 0 spiro atoms. The van der Waals surface area contributed by atoms with Crippen LogP contribution in [0.1, 0.15) is 45.2 Å². The molecule has 0 aromatic heterocycles. The Bertz CT molecular complexity index is 992. The summed E-state index contributed by atoms with van der Waals surface area (Å²) >= 11 is 0. The lowest BCUT2D eigenvalue weighted by Crippen LogP contribution is -2.40. The van der Waals surface area contributed by atoms with E-state index in [1.807, 2.05) is 0 Å². The highest BCUT2D eigenvalue weighted by Crippen LogP contribution is 2.16. The summed E-state index contributed by atoms with van der Waals surface area (Å²) in [6.45, 7) is 7.46. The van der Waals surface area contributed by atoms with Crippen molar-refractivity contribution in [3.8, 4) is 0 Å². The molecule has 0 aliphatic carbocycles. The van der Waals surface area contributed by atoms with E-state index in [0.717, 1.165) is 11.1 Å². The van der Waals surface area contributed by atoms with Crippen molar-refractivity contribution in [2.24, 2.45) is 0 Å². The van der Waals surface area contributed by atoms with E-state index in [2.05, 4.69) is 10.0 Å². The third-order valence-electron chi connectivity index (χ3n) is 4.21. The molecule has 8 heteroatoms. The lowest BCUT2D eigenvalue weighted by atomic mass is 10.1. The molecule has 0 bridgehead atoms. The SMILES string of the molecule is CCOC(=O)Cc1ccc(NC(=O)CCc2ccc(S(=O)(=O)NC(C)(C)C)cc2)cc1. The Morgan fingerprint density at radius 2 is 1.52 bits per heavy atom. The predicted octanol–water partition coefficient (Wildman–Crippen LogP) is 3.44. The maximum atomic E-state index is 12.3. The molecule has 2 aromatic carbocycles. The van der Waals surface area contributed by atoms with Gasteiger partial charge in [0.2, 0.25) is 15.9 Å². The Balaban J connectivity index is 1.86. The van der Waals surface area contributed by atoms with E-state index in [1.165, 1.54) is 0 Å². The van der Waals surface area contributed by atoms with Gasteiger partial charge in [-0.3, -0.25) is 9.59 Å². The second kappa shape index (κ2) is 10.5. The van der Waals surface area contributed by atoms with E-state index in [1.54, 1.807) is 76.2 Å². The Morgan fingerprint density at radius 3 is 2.06 bits per heavy atom. The lowest BCUT2D eigenvalue weighted by molar-refractivity contribution is -0.142. The molecule has 168 valence electrons. The molecule has 0 saturated heterocycles. The fourth-order valence-electron chi connectivity index (χ4n) is 2.86. The molecule has 0 aliphatic rings. The number of ether oxygens (including phenoxy) is 1. The van der Waals surface area contributed by atoms with Crippen LogP contribution in [0.2, 0.25) is 0 Å². The molecular formula is C23H30N2O5S. The van der Waals surface area contributed by atoms with Gasteiger partial charge in [-0.05, 0) is 69.5 Å². The monoisotopic (exact) mass is 446 g/mol. The quantitative estimate of drug-likeness (QED) is 0.575. The molecule has 7 nitrogen and oxygen atoms in total.